The first-order valence-electron chi connectivity index (χ1n) is 5.78. The quantitative estimate of drug-likeness (QED) is 0.682. The van der Waals surface area contributed by atoms with E-state index in [1.807, 2.05) is 49.4 Å². The van der Waals surface area contributed by atoms with Gasteiger partial charge in [0, 0.05) is 11.6 Å². The van der Waals surface area contributed by atoms with Crippen LogP contribution in [0.4, 0.5) is 0 Å². The highest BCUT2D eigenvalue weighted by atomic mass is 16.5. The molecule has 3 aromatic rings. The molecule has 1 heterocycles. The van der Waals surface area contributed by atoms with Crippen molar-refractivity contribution in [3.8, 4) is 17.2 Å². The minimum absolute atomic E-state index is 0.641. The zero-order valence-electron chi connectivity index (χ0n) is 10.3. The average Bonchev–Trinajstić information content (AvgIpc) is 2.84. The fourth-order valence-corrected chi connectivity index (χ4v) is 1.99. The Labute approximate surface area is 105 Å². The van der Waals surface area contributed by atoms with E-state index in [0.717, 1.165) is 28.0 Å². The monoisotopic (exact) mass is 239 g/mol. The predicted molar refractivity (Wildman–Crippen MR) is 70.7 cm³/mol. The van der Waals surface area contributed by atoms with E-state index in [1.54, 1.807) is 7.11 Å². The van der Waals surface area contributed by atoms with Gasteiger partial charge in [0.15, 0.2) is 5.58 Å². The second-order valence-electron chi connectivity index (χ2n) is 4.18. The molecule has 3 heteroatoms. The highest BCUT2D eigenvalue weighted by Gasteiger charge is 2.11. The summed E-state index contributed by atoms with van der Waals surface area (Å²) in [6.07, 6.45) is 0. The zero-order valence-corrected chi connectivity index (χ0v) is 10.3. The molecule has 18 heavy (non-hydrogen) atoms. The molecule has 0 aliphatic rings. The zero-order chi connectivity index (χ0) is 12.5. The second-order valence-corrected chi connectivity index (χ2v) is 4.18. The minimum atomic E-state index is 0.641. The summed E-state index contributed by atoms with van der Waals surface area (Å²) in [4.78, 5) is 4.54. The molecule has 0 bridgehead atoms. The molecule has 0 fully saturated rings. The van der Waals surface area contributed by atoms with E-state index in [1.165, 1.54) is 0 Å². The van der Waals surface area contributed by atoms with Crippen molar-refractivity contribution < 1.29 is 9.15 Å². The van der Waals surface area contributed by atoms with E-state index in [0.29, 0.717) is 5.89 Å². The normalized spacial score (nSPS) is 10.8. The Morgan fingerprint density at radius 2 is 1.89 bits per heavy atom. The van der Waals surface area contributed by atoms with E-state index in [4.69, 9.17) is 9.15 Å². The number of ether oxygens (including phenoxy) is 1. The Balaban J connectivity index is 2.20. The van der Waals surface area contributed by atoms with Crippen LogP contribution in [0, 0.1) is 6.92 Å². The van der Waals surface area contributed by atoms with Gasteiger partial charge in [-0.1, -0.05) is 18.2 Å². The van der Waals surface area contributed by atoms with Crippen molar-refractivity contribution in [2.75, 3.05) is 7.11 Å². The average molecular weight is 239 g/mol. The minimum Gasteiger partial charge on any atom is -0.497 e. The van der Waals surface area contributed by atoms with Crippen LogP contribution in [0.3, 0.4) is 0 Å². The first-order valence-corrected chi connectivity index (χ1v) is 5.78. The lowest BCUT2D eigenvalue weighted by Gasteiger charge is -1.99. The third-order valence-corrected chi connectivity index (χ3v) is 2.92. The first-order chi connectivity index (χ1) is 8.78. The third kappa shape index (κ3) is 1.74. The molecule has 0 saturated carbocycles. The van der Waals surface area contributed by atoms with E-state index >= 15 is 0 Å². The second kappa shape index (κ2) is 4.18. The van der Waals surface area contributed by atoms with Crippen LogP contribution in [0.15, 0.2) is 46.9 Å². The van der Waals surface area contributed by atoms with Gasteiger partial charge in [-0.15, -0.1) is 0 Å². The lowest BCUT2D eigenvalue weighted by Crippen LogP contribution is -1.84. The SMILES string of the molecule is COc1cc(C)c2nc(-c3ccccc3)oc2c1. The summed E-state index contributed by atoms with van der Waals surface area (Å²) in [5, 5.41) is 0. The van der Waals surface area contributed by atoms with Crippen molar-refractivity contribution >= 4 is 11.1 Å². The number of benzene rings is 2. The van der Waals surface area contributed by atoms with E-state index < -0.39 is 0 Å². The Morgan fingerprint density at radius 1 is 1.11 bits per heavy atom. The van der Waals surface area contributed by atoms with Gasteiger partial charge in [0.25, 0.3) is 0 Å². The Hall–Kier alpha value is -2.29. The molecule has 3 nitrogen and oxygen atoms in total. The highest BCUT2D eigenvalue weighted by molar-refractivity contribution is 5.81. The molecule has 1 aromatic heterocycles. The van der Waals surface area contributed by atoms with Crippen molar-refractivity contribution in [1.29, 1.82) is 0 Å². The molecule has 0 N–H and O–H groups in total. The van der Waals surface area contributed by atoms with Crippen molar-refractivity contribution in [2.45, 2.75) is 6.92 Å². The Morgan fingerprint density at radius 3 is 2.61 bits per heavy atom. The number of oxazole rings is 1. The number of hydrogen-bond acceptors (Lipinski definition) is 3. The Bertz CT molecular complexity index is 686. The molecule has 0 aliphatic heterocycles. The topological polar surface area (TPSA) is 35.3 Å². The van der Waals surface area contributed by atoms with Gasteiger partial charge in [0.2, 0.25) is 5.89 Å². The van der Waals surface area contributed by atoms with Gasteiger partial charge in [-0.05, 0) is 30.7 Å². The fourth-order valence-electron chi connectivity index (χ4n) is 1.99. The van der Waals surface area contributed by atoms with E-state index in [-0.39, 0.29) is 0 Å². The highest BCUT2D eigenvalue weighted by Crippen LogP contribution is 2.29. The maximum Gasteiger partial charge on any atom is 0.227 e. The van der Waals surface area contributed by atoms with Gasteiger partial charge in [0.05, 0.1) is 7.11 Å². The van der Waals surface area contributed by atoms with Crippen LogP contribution in [0.1, 0.15) is 5.56 Å². The summed E-state index contributed by atoms with van der Waals surface area (Å²) in [6, 6.07) is 13.7. The molecule has 0 spiro atoms. The summed E-state index contributed by atoms with van der Waals surface area (Å²) in [6.45, 7) is 2.00. The van der Waals surface area contributed by atoms with Gasteiger partial charge in [-0.25, -0.2) is 4.98 Å². The molecule has 0 unspecified atom stereocenters. The number of hydrogen-bond donors (Lipinski definition) is 0. The molecular formula is C15H13NO2. The van der Waals surface area contributed by atoms with E-state index in [9.17, 15) is 0 Å². The van der Waals surface area contributed by atoms with Crippen LogP contribution in [0.5, 0.6) is 5.75 Å². The Kier molecular flexibility index (Phi) is 2.52. The molecule has 2 aromatic carbocycles. The lowest BCUT2D eigenvalue weighted by molar-refractivity contribution is 0.414. The smallest absolute Gasteiger partial charge is 0.227 e. The molecule has 0 aliphatic carbocycles. The van der Waals surface area contributed by atoms with Crippen LogP contribution in [-0.4, -0.2) is 12.1 Å². The van der Waals surface area contributed by atoms with Crippen molar-refractivity contribution in [3.63, 3.8) is 0 Å². The van der Waals surface area contributed by atoms with E-state index in [2.05, 4.69) is 4.98 Å². The van der Waals surface area contributed by atoms with Crippen molar-refractivity contribution in [1.82, 2.24) is 4.98 Å². The summed E-state index contributed by atoms with van der Waals surface area (Å²) in [5.41, 5.74) is 3.67. The maximum atomic E-state index is 5.79. The van der Waals surface area contributed by atoms with Gasteiger partial charge in [0.1, 0.15) is 11.3 Å². The molecular weight excluding hydrogens is 226 g/mol. The maximum absolute atomic E-state index is 5.79. The number of rotatable bonds is 2. The summed E-state index contributed by atoms with van der Waals surface area (Å²) in [5.74, 6) is 1.43. The molecule has 0 saturated heterocycles. The number of nitrogens with zero attached hydrogens (tertiary/aromatic N) is 1. The van der Waals surface area contributed by atoms with Crippen LogP contribution < -0.4 is 4.74 Å². The van der Waals surface area contributed by atoms with Crippen LogP contribution in [-0.2, 0) is 0 Å². The lowest BCUT2D eigenvalue weighted by atomic mass is 10.2. The molecule has 0 radical (unpaired) electrons. The van der Waals surface area contributed by atoms with Gasteiger partial charge >= 0.3 is 0 Å². The van der Waals surface area contributed by atoms with Crippen LogP contribution >= 0.6 is 0 Å². The largest absolute Gasteiger partial charge is 0.497 e. The standard InChI is InChI=1S/C15H13NO2/c1-10-8-12(17-2)9-13-14(10)16-15(18-13)11-6-4-3-5-7-11/h3-9H,1-2H3. The molecule has 3 rings (SSSR count). The van der Waals surface area contributed by atoms with Crippen LogP contribution in [0.25, 0.3) is 22.6 Å². The van der Waals surface area contributed by atoms with Crippen molar-refractivity contribution in [3.05, 3.63) is 48.0 Å². The summed E-state index contributed by atoms with van der Waals surface area (Å²) < 4.78 is 11.0. The van der Waals surface area contributed by atoms with Gasteiger partial charge < -0.3 is 9.15 Å². The number of aryl methyl sites for hydroxylation is 1. The van der Waals surface area contributed by atoms with Crippen molar-refractivity contribution in [2.24, 2.45) is 0 Å². The summed E-state index contributed by atoms with van der Waals surface area (Å²) >= 11 is 0. The third-order valence-electron chi connectivity index (χ3n) is 2.92. The van der Waals surface area contributed by atoms with Gasteiger partial charge in [-0.2, -0.15) is 0 Å². The van der Waals surface area contributed by atoms with Crippen LogP contribution in [0.2, 0.25) is 0 Å². The van der Waals surface area contributed by atoms with Gasteiger partial charge in [-0.3, -0.25) is 0 Å². The molecule has 0 atom stereocenters. The number of methoxy groups -OCH3 is 1. The number of fused-ring (bicyclic) bond motifs is 1. The predicted octanol–water partition coefficient (Wildman–Crippen LogP) is 3.81. The summed E-state index contributed by atoms with van der Waals surface area (Å²) in [7, 11) is 1.65. The number of aromatic nitrogens is 1. The molecule has 0 amide bonds. The first kappa shape index (κ1) is 10.8. The molecule has 90 valence electrons. The fraction of sp³-hybridized carbons (Fsp3) is 0.133.